The quantitative estimate of drug-likeness (QED) is 0.723. The van der Waals surface area contributed by atoms with E-state index in [1.54, 1.807) is 12.5 Å². The summed E-state index contributed by atoms with van der Waals surface area (Å²) in [6.07, 6.45) is 5.05. The highest BCUT2D eigenvalue weighted by molar-refractivity contribution is 5.85. The van der Waals surface area contributed by atoms with Gasteiger partial charge in [-0.1, -0.05) is 0 Å². The maximum atomic E-state index is 11.1. The predicted octanol–water partition coefficient (Wildman–Crippen LogP) is 1.10. The molecule has 0 spiro atoms. The Labute approximate surface area is 89.3 Å². The molecule has 0 saturated carbocycles. The van der Waals surface area contributed by atoms with Gasteiger partial charge < -0.3 is 4.90 Å². The van der Waals surface area contributed by atoms with Crippen LogP contribution in [-0.4, -0.2) is 28.8 Å². The Morgan fingerprint density at radius 3 is 2.73 bits per heavy atom. The van der Waals surface area contributed by atoms with Crippen LogP contribution < -0.4 is 4.90 Å². The Morgan fingerprint density at radius 2 is 2.20 bits per heavy atom. The van der Waals surface area contributed by atoms with E-state index in [1.807, 2.05) is 6.07 Å². The van der Waals surface area contributed by atoms with Crippen LogP contribution in [0.3, 0.4) is 0 Å². The van der Waals surface area contributed by atoms with Crippen molar-refractivity contribution in [1.29, 1.82) is 0 Å². The van der Waals surface area contributed by atoms with Gasteiger partial charge in [-0.15, -0.1) is 0 Å². The van der Waals surface area contributed by atoms with Crippen molar-refractivity contribution in [3.8, 4) is 0 Å². The first kappa shape index (κ1) is 10.1. The average Bonchev–Trinajstić information content (AvgIpc) is 2.30. The van der Waals surface area contributed by atoms with Gasteiger partial charge >= 0.3 is 0 Å². The molecule has 4 nitrogen and oxygen atoms in total. The van der Waals surface area contributed by atoms with Gasteiger partial charge in [0.25, 0.3) is 0 Å². The minimum Gasteiger partial charge on any atom is -0.356 e. The summed E-state index contributed by atoms with van der Waals surface area (Å²) >= 11 is 0. The molecule has 0 bridgehead atoms. The highest BCUT2D eigenvalue weighted by atomic mass is 16.1. The van der Waals surface area contributed by atoms with Gasteiger partial charge in [0, 0.05) is 32.1 Å². The van der Waals surface area contributed by atoms with Crippen LogP contribution in [0.15, 0.2) is 18.6 Å². The SMILES string of the molecule is [CH2]C(=O)C1CCN(c2ccncn2)CC1. The Morgan fingerprint density at radius 1 is 1.47 bits per heavy atom. The van der Waals surface area contributed by atoms with Crippen LogP contribution in [-0.2, 0) is 4.79 Å². The molecule has 15 heavy (non-hydrogen) atoms. The molecule has 0 aliphatic carbocycles. The number of carbonyl (C=O) groups excluding carboxylic acids is 1. The first-order valence-corrected chi connectivity index (χ1v) is 5.14. The fourth-order valence-corrected chi connectivity index (χ4v) is 1.90. The largest absolute Gasteiger partial charge is 0.356 e. The van der Waals surface area contributed by atoms with Crippen LogP contribution in [0.2, 0.25) is 0 Å². The molecule has 0 aromatic carbocycles. The normalized spacial score (nSPS) is 17.8. The van der Waals surface area contributed by atoms with Crippen LogP contribution >= 0.6 is 0 Å². The first-order chi connectivity index (χ1) is 7.27. The van der Waals surface area contributed by atoms with E-state index in [9.17, 15) is 4.79 Å². The van der Waals surface area contributed by atoms with Crippen molar-refractivity contribution in [2.24, 2.45) is 5.92 Å². The molecule has 2 rings (SSSR count). The fraction of sp³-hybridized carbons (Fsp3) is 0.455. The van der Waals surface area contributed by atoms with Gasteiger partial charge in [0.15, 0.2) is 0 Å². The van der Waals surface area contributed by atoms with Gasteiger partial charge in [-0.2, -0.15) is 0 Å². The molecule has 79 valence electrons. The zero-order chi connectivity index (χ0) is 10.7. The summed E-state index contributed by atoms with van der Waals surface area (Å²) in [4.78, 5) is 21.3. The van der Waals surface area contributed by atoms with Crippen molar-refractivity contribution in [3.63, 3.8) is 0 Å². The fourth-order valence-electron chi connectivity index (χ4n) is 1.90. The van der Waals surface area contributed by atoms with E-state index in [0.29, 0.717) is 0 Å². The number of anilines is 1. The van der Waals surface area contributed by atoms with Gasteiger partial charge in [-0.3, -0.25) is 4.79 Å². The third-order valence-corrected chi connectivity index (χ3v) is 2.84. The van der Waals surface area contributed by atoms with Crippen LogP contribution in [0.4, 0.5) is 5.82 Å². The molecule has 1 saturated heterocycles. The third kappa shape index (κ3) is 2.32. The van der Waals surface area contributed by atoms with Crippen molar-refractivity contribution in [2.45, 2.75) is 12.8 Å². The Bertz CT molecular complexity index is 331. The lowest BCUT2D eigenvalue weighted by molar-refractivity contribution is -0.119. The Balaban J connectivity index is 1.97. The monoisotopic (exact) mass is 204 g/mol. The first-order valence-electron chi connectivity index (χ1n) is 5.14. The molecule has 1 fully saturated rings. The smallest absolute Gasteiger partial charge is 0.136 e. The zero-order valence-corrected chi connectivity index (χ0v) is 8.59. The third-order valence-electron chi connectivity index (χ3n) is 2.84. The molecular weight excluding hydrogens is 190 g/mol. The van der Waals surface area contributed by atoms with E-state index < -0.39 is 0 Å². The molecule has 1 aromatic heterocycles. The summed E-state index contributed by atoms with van der Waals surface area (Å²) in [5, 5.41) is 0. The average molecular weight is 204 g/mol. The summed E-state index contributed by atoms with van der Waals surface area (Å²) < 4.78 is 0. The summed E-state index contributed by atoms with van der Waals surface area (Å²) in [7, 11) is 0. The molecule has 2 heterocycles. The van der Waals surface area contributed by atoms with Gasteiger partial charge in [-0.05, 0) is 18.9 Å². The number of hydrogen-bond donors (Lipinski definition) is 0. The molecule has 1 aliphatic heterocycles. The van der Waals surface area contributed by atoms with E-state index >= 15 is 0 Å². The summed E-state index contributed by atoms with van der Waals surface area (Å²) in [5.41, 5.74) is 0. The van der Waals surface area contributed by atoms with Crippen molar-refractivity contribution >= 4 is 11.6 Å². The number of aromatic nitrogens is 2. The number of rotatable bonds is 2. The van der Waals surface area contributed by atoms with Crippen molar-refractivity contribution in [2.75, 3.05) is 18.0 Å². The zero-order valence-electron chi connectivity index (χ0n) is 8.59. The molecule has 1 aliphatic rings. The van der Waals surface area contributed by atoms with Crippen LogP contribution in [0.1, 0.15) is 12.8 Å². The van der Waals surface area contributed by atoms with Crippen LogP contribution in [0, 0.1) is 12.8 Å². The Hall–Kier alpha value is -1.45. The van der Waals surface area contributed by atoms with E-state index in [1.165, 1.54) is 0 Å². The Kier molecular flexibility index (Phi) is 2.94. The molecular formula is C11H14N3O. The van der Waals surface area contributed by atoms with Gasteiger partial charge in [0.05, 0.1) is 0 Å². The van der Waals surface area contributed by atoms with Gasteiger partial charge in [0.2, 0.25) is 0 Å². The second kappa shape index (κ2) is 4.38. The standard InChI is InChI=1S/C11H14N3O/c1-9(15)10-3-6-14(7-4-10)11-2-5-12-8-13-11/h2,5,8,10H,1,3-4,6-7H2. The number of piperidine rings is 1. The molecule has 0 N–H and O–H groups in total. The lowest BCUT2D eigenvalue weighted by Gasteiger charge is -2.31. The molecule has 0 unspecified atom stereocenters. The lowest BCUT2D eigenvalue weighted by Crippen LogP contribution is -2.36. The molecule has 0 amide bonds. The van der Waals surface area contributed by atoms with Gasteiger partial charge in [-0.25, -0.2) is 9.97 Å². The van der Waals surface area contributed by atoms with E-state index in [0.717, 1.165) is 31.7 Å². The van der Waals surface area contributed by atoms with E-state index in [-0.39, 0.29) is 11.7 Å². The minimum absolute atomic E-state index is 0.0670. The van der Waals surface area contributed by atoms with Gasteiger partial charge in [0.1, 0.15) is 17.9 Å². The maximum Gasteiger partial charge on any atom is 0.136 e. The summed E-state index contributed by atoms with van der Waals surface area (Å²) in [6, 6.07) is 1.90. The van der Waals surface area contributed by atoms with Crippen molar-refractivity contribution in [1.82, 2.24) is 9.97 Å². The number of Topliss-reactive ketones (excluding diaryl/α,β-unsaturated/α-hetero) is 1. The van der Waals surface area contributed by atoms with Crippen molar-refractivity contribution < 1.29 is 4.79 Å². The summed E-state index contributed by atoms with van der Waals surface area (Å²) in [6.45, 7) is 5.23. The molecule has 4 heteroatoms. The highest BCUT2D eigenvalue weighted by Gasteiger charge is 2.22. The predicted molar refractivity (Wildman–Crippen MR) is 57.3 cm³/mol. The van der Waals surface area contributed by atoms with Crippen molar-refractivity contribution in [3.05, 3.63) is 25.5 Å². The number of ketones is 1. The number of hydrogen-bond acceptors (Lipinski definition) is 4. The number of carbonyl (C=O) groups is 1. The second-order valence-electron chi connectivity index (χ2n) is 3.80. The maximum absolute atomic E-state index is 11.1. The number of nitrogens with zero attached hydrogens (tertiary/aromatic N) is 3. The van der Waals surface area contributed by atoms with Crippen LogP contribution in [0.5, 0.6) is 0 Å². The minimum atomic E-state index is 0.0670. The molecule has 1 aromatic rings. The van der Waals surface area contributed by atoms with Crippen LogP contribution in [0.25, 0.3) is 0 Å². The summed E-state index contributed by atoms with van der Waals surface area (Å²) in [5.74, 6) is 1.15. The highest BCUT2D eigenvalue weighted by Crippen LogP contribution is 2.21. The lowest BCUT2D eigenvalue weighted by atomic mass is 9.93. The molecule has 1 radical (unpaired) electrons. The van der Waals surface area contributed by atoms with E-state index in [4.69, 9.17) is 0 Å². The second-order valence-corrected chi connectivity index (χ2v) is 3.80. The molecule has 0 atom stereocenters. The topological polar surface area (TPSA) is 46.1 Å². The van der Waals surface area contributed by atoms with E-state index in [2.05, 4.69) is 21.8 Å².